The Labute approximate surface area is 139 Å². The van der Waals surface area contributed by atoms with Crippen LogP contribution in [0.4, 0.5) is 10.1 Å². The van der Waals surface area contributed by atoms with Gasteiger partial charge in [-0.15, -0.1) is 0 Å². The molecule has 0 radical (unpaired) electrons. The number of carbonyl (C=O) groups excluding carboxylic acids is 1. The lowest BCUT2D eigenvalue weighted by molar-refractivity contribution is -0.120. The Morgan fingerprint density at radius 2 is 2.09 bits per heavy atom. The van der Waals surface area contributed by atoms with E-state index in [1.54, 1.807) is 6.07 Å². The summed E-state index contributed by atoms with van der Waals surface area (Å²) in [6.07, 6.45) is 3.09. The summed E-state index contributed by atoms with van der Waals surface area (Å²) in [5.74, 6) is -0.562. The highest BCUT2D eigenvalue weighted by Gasteiger charge is 2.21. The van der Waals surface area contributed by atoms with Crippen molar-refractivity contribution in [3.8, 4) is 0 Å². The summed E-state index contributed by atoms with van der Waals surface area (Å²) in [7, 11) is 0. The zero-order valence-corrected chi connectivity index (χ0v) is 13.4. The van der Waals surface area contributed by atoms with Gasteiger partial charge >= 0.3 is 0 Å². The van der Waals surface area contributed by atoms with Gasteiger partial charge in [-0.25, -0.2) is 4.39 Å². The molecule has 0 spiro atoms. The maximum Gasteiger partial charge on any atom is 0.239 e. The number of anilines is 1. The fourth-order valence-electron chi connectivity index (χ4n) is 2.94. The van der Waals surface area contributed by atoms with E-state index in [-0.39, 0.29) is 23.5 Å². The normalized spacial score (nSPS) is 16.5. The maximum absolute atomic E-state index is 13.1. The molecule has 2 aromatic carbocycles. The van der Waals surface area contributed by atoms with Gasteiger partial charge in [0.15, 0.2) is 0 Å². The smallest absolute Gasteiger partial charge is 0.239 e. The standard InChI is InChI=1S/C18H18ClFN2O/c19-15-10-13(8-9-16(15)20)21-11-18(23)22-17-7-3-5-12-4-1-2-6-14(12)17/h1-2,4,6,8-10,17,21H,3,5,7,11H2,(H,22,23). The molecule has 1 atom stereocenters. The van der Waals surface area contributed by atoms with Gasteiger partial charge in [0.2, 0.25) is 5.91 Å². The first-order chi connectivity index (χ1) is 11.1. The summed E-state index contributed by atoms with van der Waals surface area (Å²) in [6.45, 7) is 0.126. The number of halogens is 2. The summed E-state index contributed by atoms with van der Waals surface area (Å²) >= 11 is 5.73. The predicted octanol–water partition coefficient (Wildman–Crippen LogP) is 4.08. The fraction of sp³-hybridized carbons (Fsp3) is 0.278. The zero-order valence-electron chi connectivity index (χ0n) is 12.6. The van der Waals surface area contributed by atoms with E-state index in [2.05, 4.69) is 22.8 Å². The quantitative estimate of drug-likeness (QED) is 0.885. The molecule has 2 N–H and O–H groups in total. The van der Waals surface area contributed by atoms with Crippen LogP contribution in [0.25, 0.3) is 0 Å². The van der Waals surface area contributed by atoms with E-state index in [4.69, 9.17) is 11.6 Å². The first-order valence-electron chi connectivity index (χ1n) is 7.69. The predicted molar refractivity (Wildman–Crippen MR) is 90.2 cm³/mol. The number of carbonyl (C=O) groups is 1. The number of hydrogen-bond donors (Lipinski definition) is 2. The number of amides is 1. The van der Waals surface area contributed by atoms with E-state index < -0.39 is 5.82 Å². The van der Waals surface area contributed by atoms with Crippen molar-refractivity contribution in [3.05, 3.63) is 64.4 Å². The molecule has 0 bridgehead atoms. The SMILES string of the molecule is O=C(CNc1ccc(F)c(Cl)c1)NC1CCCc2ccccc21. The van der Waals surface area contributed by atoms with Crippen molar-refractivity contribution in [1.82, 2.24) is 5.32 Å². The van der Waals surface area contributed by atoms with E-state index in [1.807, 2.05) is 12.1 Å². The third kappa shape index (κ3) is 3.82. The molecule has 1 aliphatic carbocycles. The van der Waals surface area contributed by atoms with Gasteiger partial charge in [-0.05, 0) is 48.6 Å². The van der Waals surface area contributed by atoms with Crippen LogP contribution in [0, 0.1) is 5.82 Å². The van der Waals surface area contributed by atoms with Crippen LogP contribution < -0.4 is 10.6 Å². The third-order valence-electron chi connectivity index (χ3n) is 4.08. The monoisotopic (exact) mass is 332 g/mol. The van der Waals surface area contributed by atoms with Crippen molar-refractivity contribution in [2.45, 2.75) is 25.3 Å². The van der Waals surface area contributed by atoms with Crippen molar-refractivity contribution in [2.24, 2.45) is 0 Å². The van der Waals surface area contributed by atoms with Crippen LogP contribution in [0.5, 0.6) is 0 Å². The Kier molecular flexibility index (Phi) is 4.82. The molecule has 3 rings (SSSR count). The number of fused-ring (bicyclic) bond motifs is 1. The van der Waals surface area contributed by atoms with Crippen LogP contribution >= 0.6 is 11.6 Å². The molecular formula is C18H18ClFN2O. The molecule has 2 aromatic rings. The molecule has 1 unspecified atom stereocenters. The molecular weight excluding hydrogens is 315 g/mol. The first-order valence-corrected chi connectivity index (χ1v) is 8.07. The topological polar surface area (TPSA) is 41.1 Å². The summed E-state index contributed by atoms with van der Waals surface area (Å²) in [6, 6.07) is 12.6. The molecule has 0 fully saturated rings. The van der Waals surface area contributed by atoms with Gasteiger partial charge in [-0.3, -0.25) is 4.79 Å². The number of aryl methyl sites for hydroxylation is 1. The van der Waals surface area contributed by atoms with Gasteiger partial charge in [-0.2, -0.15) is 0 Å². The summed E-state index contributed by atoms with van der Waals surface area (Å²) in [4.78, 5) is 12.2. The van der Waals surface area contributed by atoms with E-state index in [0.29, 0.717) is 5.69 Å². The number of nitrogens with one attached hydrogen (secondary N) is 2. The Hall–Kier alpha value is -2.07. The van der Waals surface area contributed by atoms with Gasteiger partial charge in [-0.1, -0.05) is 35.9 Å². The second kappa shape index (κ2) is 7.01. The van der Waals surface area contributed by atoms with Crippen LogP contribution in [0.1, 0.15) is 30.0 Å². The highest BCUT2D eigenvalue weighted by atomic mass is 35.5. The summed E-state index contributed by atoms with van der Waals surface area (Å²) in [5.41, 5.74) is 3.13. The zero-order chi connectivity index (χ0) is 16.2. The van der Waals surface area contributed by atoms with Crippen molar-refractivity contribution in [1.29, 1.82) is 0 Å². The molecule has 0 aliphatic heterocycles. The molecule has 0 saturated carbocycles. The van der Waals surface area contributed by atoms with E-state index >= 15 is 0 Å². The maximum atomic E-state index is 13.1. The van der Waals surface area contributed by atoms with Crippen LogP contribution in [0.3, 0.4) is 0 Å². The van der Waals surface area contributed by atoms with Crippen LogP contribution in [-0.2, 0) is 11.2 Å². The van der Waals surface area contributed by atoms with Gasteiger partial charge in [0.25, 0.3) is 0 Å². The first kappa shape index (κ1) is 15.8. The minimum absolute atomic E-state index is 0.0385. The average Bonchev–Trinajstić information content (AvgIpc) is 2.56. The van der Waals surface area contributed by atoms with Gasteiger partial charge in [0.05, 0.1) is 17.6 Å². The van der Waals surface area contributed by atoms with Crippen molar-refractivity contribution in [2.75, 3.05) is 11.9 Å². The molecule has 5 heteroatoms. The lowest BCUT2D eigenvalue weighted by Crippen LogP contribution is -2.35. The van der Waals surface area contributed by atoms with Gasteiger partial charge in [0, 0.05) is 5.69 Å². The van der Waals surface area contributed by atoms with Gasteiger partial charge < -0.3 is 10.6 Å². The lowest BCUT2D eigenvalue weighted by atomic mass is 9.88. The van der Waals surface area contributed by atoms with Crippen LogP contribution in [0.2, 0.25) is 5.02 Å². The number of rotatable bonds is 4. The minimum atomic E-state index is -0.472. The Balaban J connectivity index is 1.59. The highest BCUT2D eigenvalue weighted by Crippen LogP contribution is 2.29. The Morgan fingerprint density at radius 1 is 1.26 bits per heavy atom. The lowest BCUT2D eigenvalue weighted by Gasteiger charge is -2.26. The van der Waals surface area contributed by atoms with E-state index in [1.165, 1.54) is 23.3 Å². The van der Waals surface area contributed by atoms with E-state index in [0.717, 1.165) is 19.3 Å². The molecule has 3 nitrogen and oxygen atoms in total. The van der Waals surface area contributed by atoms with Gasteiger partial charge in [0.1, 0.15) is 5.82 Å². The molecule has 1 aliphatic rings. The minimum Gasteiger partial charge on any atom is -0.376 e. The second-order valence-corrected chi connectivity index (χ2v) is 6.10. The Morgan fingerprint density at radius 3 is 2.91 bits per heavy atom. The fourth-order valence-corrected chi connectivity index (χ4v) is 3.12. The third-order valence-corrected chi connectivity index (χ3v) is 4.37. The second-order valence-electron chi connectivity index (χ2n) is 5.69. The number of benzene rings is 2. The van der Waals surface area contributed by atoms with Crippen LogP contribution in [-0.4, -0.2) is 12.5 Å². The molecule has 23 heavy (non-hydrogen) atoms. The van der Waals surface area contributed by atoms with Crippen molar-refractivity contribution < 1.29 is 9.18 Å². The summed E-state index contributed by atoms with van der Waals surface area (Å²) < 4.78 is 13.1. The largest absolute Gasteiger partial charge is 0.376 e. The van der Waals surface area contributed by atoms with E-state index in [9.17, 15) is 9.18 Å². The molecule has 0 aromatic heterocycles. The highest BCUT2D eigenvalue weighted by molar-refractivity contribution is 6.31. The average molecular weight is 333 g/mol. The molecule has 120 valence electrons. The molecule has 0 saturated heterocycles. The molecule has 1 amide bonds. The van der Waals surface area contributed by atoms with Crippen molar-refractivity contribution in [3.63, 3.8) is 0 Å². The molecule has 0 heterocycles. The number of hydrogen-bond acceptors (Lipinski definition) is 2. The van der Waals surface area contributed by atoms with Crippen LogP contribution in [0.15, 0.2) is 42.5 Å². The Bertz CT molecular complexity index is 720. The summed E-state index contributed by atoms with van der Waals surface area (Å²) in [5, 5.41) is 6.06. The van der Waals surface area contributed by atoms with Crippen molar-refractivity contribution >= 4 is 23.2 Å².